The topological polar surface area (TPSA) is 62.2 Å². The fourth-order valence-corrected chi connectivity index (χ4v) is 1.54. The van der Waals surface area contributed by atoms with Gasteiger partial charge in [-0.1, -0.05) is 19.9 Å². The molecule has 4 nitrogen and oxygen atoms in total. The van der Waals surface area contributed by atoms with Crippen molar-refractivity contribution in [2.75, 3.05) is 6.61 Å². The van der Waals surface area contributed by atoms with E-state index in [2.05, 4.69) is 10.3 Å². The molecule has 0 fully saturated rings. The molecule has 0 bridgehead atoms. The van der Waals surface area contributed by atoms with E-state index in [-0.39, 0.29) is 30.9 Å². The van der Waals surface area contributed by atoms with Crippen molar-refractivity contribution >= 4 is 5.91 Å². The number of carbonyl (C=O) groups is 1. The van der Waals surface area contributed by atoms with E-state index in [1.165, 1.54) is 0 Å². The van der Waals surface area contributed by atoms with Crippen LogP contribution in [0.25, 0.3) is 0 Å². The van der Waals surface area contributed by atoms with Gasteiger partial charge < -0.3 is 10.4 Å². The molecule has 0 aliphatic heterocycles. The first-order valence-corrected chi connectivity index (χ1v) is 5.85. The van der Waals surface area contributed by atoms with Crippen LogP contribution in [0, 0.1) is 12.8 Å². The highest BCUT2D eigenvalue weighted by Gasteiger charge is 2.15. The van der Waals surface area contributed by atoms with Crippen LogP contribution in [-0.4, -0.2) is 28.6 Å². The van der Waals surface area contributed by atoms with Crippen LogP contribution in [0.5, 0.6) is 0 Å². The Hall–Kier alpha value is -1.42. The number of hydrogen-bond acceptors (Lipinski definition) is 3. The van der Waals surface area contributed by atoms with Gasteiger partial charge in [0, 0.05) is 6.20 Å². The van der Waals surface area contributed by atoms with Crippen LogP contribution < -0.4 is 5.32 Å². The molecule has 94 valence electrons. The summed E-state index contributed by atoms with van der Waals surface area (Å²) in [7, 11) is 0. The molecule has 0 radical (unpaired) electrons. The quantitative estimate of drug-likeness (QED) is 0.803. The third-order valence-electron chi connectivity index (χ3n) is 2.79. The lowest BCUT2D eigenvalue weighted by Gasteiger charge is -2.19. The molecule has 0 aliphatic carbocycles. The lowest BCUT2D eigenvalue weighted by molar-refractivity contribution is -0.121. The second-order valence-corrected chi connectivity index (χ2v) is 4.54. The van der Waals surface area contributed by atoms with Crippen LogP contribution in [0.1, 0.15) is 25.1 Å². The van der Waals surface area contributed by atoms with Gasteiger partial charge in [-0.15, -0.1) is 0 Å². The van der Waals surface area contributed by atoms with E-state index in [4.69, 9.17) is 5.11 Å². The normalized spacial score (nSPS) is 12.5. The van der Waals surface area contributed by atoms with E-state index in [0.717, 1.165) is 11.3 Å². The number of aryl methyl sites for hydroxylation is 1. The number of aromatic nitrogens is 1. The lowest BCUT2D eigenvalue weighted by Crippen LogP contribution is -2.42. The minimum atomic E-state index is -0.188. The fraction of sp³-hybridized carbons (Fsp3) is 0.538. The third-order valence-corrected chi connectivity index (χ3v) is 2.79. The number of pyridine rings is 1. The van der Waals surface area contributed by atoms with E-state index >= 15 is 0 Å². The molecule has 1 rings (SSSR count). The van der Waals surface area contributed by atoms with Gasteiger partial charge in [0.1, 0.15) is 0 Å². The average Bonchev–Trinajstić information content (AvgIpc) is 2.28. The summed E-state index contributed by atoms with van der Waals surface area (Å²) in [5.74, 6) is 0.119. The number of nitrogens with zero attached hydrogens (tertiary/aromatic N) is 1. The number of rotatable bonds is 5. The Morgan fingerprint density at radius 1 is 1.53 bits per heavy atom. The molecule has 1 amide bonds. The standard InChI is InChI=1S/C13H20N2O2/c1-9(2)12(8-16)15-13(17)7-11-10(3)5-4-6-14-11/h4-6,9,12,16H,7-8H2,1-3H3,(H,15,17). The van der Waals surface area contributed by atoms with Crippen molar-refractivity contribution in [3.8, 4) is 0 Å². The third kappa shape index (κ3) is 4.15. The zero-order chi connectivity index (χ0) is 12.8. The van der Waals surface area contributed by atoms with E-state index in [1.54, 1.807) is 6.20 Å². The van der Waals surface area contributed by atoms with Crippen LogP contribution in [0.4, 0.5) is 0 Å². The van der Waals surface area contributed by atoms with Crippen molar-refractivity contribution in [2.24, 2.45) is 5.92 Å². The lowest BCUT2D eigenvalue weighted by atomic mass is 10.0. The Morgan fingerprint density at radius 2 is 2.24 bits per heavy atom. The summed E-state index contributed by atoms with van der Waals surface area (Å²) in [4.78, 5) is 15.9. The molecule has 1 atom stereocenters. The number of amides is 1. The van der Waals surface area contributed by atoms with Gasteiger partial charge in [0.25, 0.3) is 0 Å². The molecule has 17 heavy (non-hydrogen) atoms. The Morgan fingerprint density at radius 3 is 2.76 bits per heavy atom. The number of aliphatic hydroxyl groups is 1. The van der Waals surface area contributed by atoms with Crippen LogP contribution in [0.3, 0.4) is 0 Å². The molecule has 2 N–H and O–H groups in total. The maximum absolute atomic E-state index is 11.8. The first kappa shape index (κ1) is 13.6. The predicted octanol–water partition coefficient (Wildman–Crippen LogP) is 1.07. The number of hydrogen-bond donors (Lipinski definition) is 2. The maximum atomic E-state index is 11.8. The summed E-state index contributed by atoms with van der Waals surface area (Å²) in [5, 5.41) is 11.9. The largest absolute Gasteiger partial charge is 0.394 e. The fourth-order valence-electron chi connectivity index (χ4n) is 1.54. The van der Waals surface area contributed by atoms with Gasteiger partial charge in [0.2, 0.25) is 5.91 Å². The molecule has 1 aromatic rings. The Labute approximate surface area is 102 Å². The maximum Gasteiger partial charge on any atom is 0.226 e. The molecule has 1 unspecified atom stereocenters. The molecule has 1 aromatic heterocycles. The summed E-state index contributed by atoms with van der Waals surface area (Å²) < 4.78 is 0. The van der Waals surface area contributed by atoms with Crippen molar-refractivity contribution in [2.45, 2.75) is 33.2 Å². The molecular formula is C13H20N2O2. The first-order valence-electron chi connectivity index (χ1n) is 5.85. The average molecular weight is 236 g/mol. The molecule has 4 heteroatoms. The van der Waals surface area contributed by atoms with E-state index in [9.17, 15) is 4.79 Å². The molecule has 0 spiro atoms. The Kier molecular flexibility index (Phi) is 5.10. The minimum Gasteiger partial charge on any atom is -0.394 e. The van der Waals surface area contributed by atoms with Gasteiger partial charge in [-0.2, -0.15) is 0 Å². The second kappa shape index (κ2) is 6.35. The van der Waals surface area contributed by atoms with Crippen LogP contribution in [0.15, 0.2) is 18.3 Å². The SMILES string of the molecule is Cc1cccnc1CC(=O)NC(CO)C(C)C. The zero-order valence-electron chi connectivity index (χ0n) is 10.6. The van der Waals surface area contributed by atoms with Crippen molar-refractivity contribution < 1.29 is 9.90 Å². The number of nitrogens with one attached hydrogen (secondary N) is 1. The van der Waals surface area contributed by atoms with Crippen molar-refractivity contribution in [1.29, 1.82) is 0 Å². The second-order valence-electron chi connectivity index (χ2n) is 4.54. The highest BCUT2D eigenvalue weighted by molar-refractivity contribution is 5.78. The Balaban J connectivity index is 2.58. The van der Waals surface area contributed by atoms with Crippen molar-refractivity contribution in [3.63, 3.8) is 0 Å². The number of carbonyl (C=O) groups excluding carboxylic acids is 1. The summed E-state index contributed by atoms with van der Waals surface area (Å²) in [6.07, 6.45) is 1.94. The zero-order valence-corrected chi connectivity index (χ0v) is 10.6. The van der Waals surface area contributed by atoms with Crippen molar-refractivity contribution in [1.82, 2.24) is 10.3 Å². The van der Waals surface area contributed by atoms with Gasteiger partial charge in [-0.3, -0.25) is 9.78 Å². The van der Waals surface area contributed by atoms with Crippen LogP contribution >= 0.6 is 0 Å². The predicted molar refractivity (Wildman–Crippen MR) is 66.5 cm³/mol. The van der Waals surface area contributed by atoms with Gasteiger partial charge in [-0.05, 0) is 24.5 Å². The summed E-state index contributed by atoms with van der Waals surface area (Å²) in [6, 6.07) is 3.59. The minimum absolute atomic E-state index is 0.0371. The van der Waals surface area contributed by atoms with E-state index in [1.807, 2.05) is 32.9 Å². The summed E-state index contributed by atoms with van der Waals surface area (Å²) in [5.41, 5.74) is 1.79. The van der Waals surface area contributed by atoms with Gasteiger partial charge in [0.15, 0.2) is 0 Å². The molecule has 0 aliphatic rings. The molecule has 0 saturated carbocycles. The molecule has 1 heterocycles. The summed E-state index contributed by atoms with van der Waals surface area (Å²) in [6.45, 7) is 5.83. The van der Waals surface area contributed by atoms with Gasteiger partial charge in [0.05, 0.1) is 24.8 Å². The highest BCUT2D eigenvalue weighted by atomic mass is 16.3. The van der Waals surface area contributed by atoms with Crippen LogP contribution in [0.2, 0.25) is 0 Å². The molecular weight excluding hydrogens is 216 g/mol. The van der Waals surface area contributed by atoms with Gasteiger partial charge >= 0.3 is 0 Å². The molecule has 0 aromatic carbocycles. The number of aliphatic hydroxyl groups excluding tert-OH is 1. The van der Waals surface area contributed by atoms with Crippen LogP contribution in [-0.2, 0) is 11.2 Å². The van der Waals surface area contributed by atoms with E-state index < -0.39 is 0 Å². The van der Waals surface area contributed by atoms with E-state index in [0.29, 0.717) is 0 Å². The smallest absolute Gasteiger partial charge is 0.226 e. The monoisotopic (exact) mass is 236 g/mol. The first-order chi connectivity index (χ1) is 8.04. The molecule has 0 saturated heterocycles. The summed E-state index contributed by atoms with van der Waals surface area (Å²) >= 11 is 0. The van der Waals surface area contributed by atoms with Crippen molar-refractivity contribution in [3.05, 3.63) is 29.6 Å². The Bertz CT molecular complexity index is 377. The highest BCUT2D eigenvalue weighted by Crippen LogP contribution is 2.05. The van der Waals surface area contributed by atoms with Gasteiger partial charge in [-0.25, -0.2) is 0 Å².